The van der Waals surface area contributed by atoms with E-state index in [1.807, 2.05) is 0 Å². The Kier molecular flexibility index (Phi) is 6.44. The van der Waals surface area contributed by atoms with Gasteiger partial charge in [0.25, 0.3) is 0 Å². The molecule has 0 aliphatic carbocycles. The number of carbonyl (C=O) groups is 1. The summed E-state index contributed by atoms with van der Waals surface area (Å²) < 4.78 is 15.7. The van der Waals surface area contributed by atoms with Crippen LogP contribution < -0.4 is 15.3 Å². The average Bonchev–Trinajstić information content (AvgIpc) is 2.43. The second kappa shape index (κ2) is 7.65. The van der Waals surface area contributed by atoms with Crippen LogP contribution in [-0.2, 0) is 14.2 Å². The molecule has 1 radical (unpaired) electrons. The first-order chi connectivity index (χ1) is 10.2. The molecule has 0 aliphatic heterocycles. The third-order valence-corrected chi connectivity index (χ3v) is 3.48. The second-order valence-corrected chi connectivity index (χ2v) is 5.92. The molecular weight excluding hydrogens is 283 g/mol. The Hall–Kier alpha value is -1.53. The van der Waals surface area contributed by atoms with E-state index in [-0.39, 0.29) is 6.61 Å². The molecule has 0 atom stereocenters. The Morgan fingerprint density at radius 2 is 1.77 bits per heavy atom. The van der Waals surface area contributed by atoms with Crippen molar-refractivity contribution in [1.29, 1.82) is 0 Å². The van der Waals surface area contributed by atoms with Crippen molar-refractivity contribution in [3.05, 3.63) is 24.3 Å². The number of hydrogen-bond acceptors (Lipinski definition) is 5. The summed E-state index contributed by atoms with van der Waals surface area (Å²) in [5, 5.41) is 12.0. The van der Waals surface area contributed by atoms with E-state index >= 15 is 0 Å². The number of esters is 1. The number of hydrogen-bond donors (Lipinski definition) is 0. The zero-order chi connectivity index (χ0) is 16.8. The van der Waals surface area contributed by atoms with Crippen molar-refractivity contribution < 1.29 is 24.0 Å². The van der Waals surface area contributed by atoms with E-state index in [4.69, 9.17) is 14.1 Å². The molecule has 0 saturated carbocycles. The fraction of sp³-hybridized carbons (Fsp3) is 0.562. The number of benzene rings is 1. The van der Waals surface area contributed by atoms with Crippen molar-refractivity contribution in [2.75, 3.05) is 13.2 Å². The van der Waals surface area contributed by atoms with Crippen LogP contribution in [0.4, 0.5) is 0 Å². The van der Waals surface area contributed by atoms with E-state index in [2.05, 4.69) is 0 Å². The van der Waals surface area contributed by atoms with Gasteiger partial charge in [0.05, 0.1) is 6.61 Å². The van der Waals surface area contributed by atoms with Gasteiger partial charge in [0.1, 0.15) is 5.75 Å². The van der Waals surface area contributed by atoms with Gasteiger partial charge in [0.2, 0.25) is 0 Å². The van der Waals surface area contributed by atoms with Gasteiger partial charge in [0.15, 0.2) is 6.61 Å². The van der Waals surface area contributed by atoms with Crippen molar-refractivity contribution in [2.24, 2.45) is 0 Å². The zero-order valence-corrected chi connectivity index (χ0v) is 13.8. The van der Waals surface area contributed by atoms with Gasteiger partial charge in [-0.05, 0) is 32.9 Å². The lowest BCUT2D eigenvalue weighted by molar-refractivity contribution is -0.495. The summed E-state index contributed by atoms with van der Waals surface area (Å²) >= 11 is 0. The van der Waals surface area contributed by atoms with Crippen LogP contribution in [-0.4, -0.2) is 37.9 Å². The van der Waals surface area contributed by atoms with Gasteiger partial charge in [0, 0.05) is 5.60 Å². The van der Waals surface area contributed by atoms with Crippen LogP contribution in [0.5, 0.6) is 5.75 Å². The lowest BCUT2D eigenvalue weighted by Gasteiger charge is -2.47. The van der Waals surface area contributed by atoms with Crippen molar-refractivity contribution in [2.45, 2.75) is 45.8 Å². The third-order valence-electron chi connectivity index (χ3n) is 3.48. The molecule has 0 heterocycles. The molecule has 22 heavy (non-hydrogen) atoms. The third kappa shape index (κ3) is 5.69. The van der Waals surface area contributed by atoms with Crippen LogP contribution in [0.3, 0.4) is 0 Å². The first kappa shape index (κ1) is 18.5. The maximum absolute atomic E-state index is 12.0. The summed E-state index contributed by atoms with van der Waals surface area (Å²) in [6.07, 6.45) is 0. The molecule has 0 spiro atoms. The fourth-order valence-corrected chi connectivity index (χ4v) is 1.34. The van der Waals surface area contributed by atoms with Gasteiger partial charge >= 0.3 is 13.5 Å². The second-order valence-electron chi connectivity index (χ2n) is 5.92. The Morgan fingerprint density at radius 3 is 2.27 bits per heavy atom. The summed E-state index contributed by atoms with van der Waals surface area (Å²) in [6, 6.07) is 7.02. The minimum Gasteiger partial charge on any atom is -0.848 e. The van der Waals surface area contributed by atoms with Gasteiger partial charge in [-0.2, -0.15) is 0 Å². The summed E-state index contributed by atoms with van der Waals surface area (Å²) in [4.78, 5) is 11.2. The Morgan fingerprint density at radius 1 is 1.18 bits per heavy atom. The Balaban J connectivity index is 2.50. The van der Waals surface area contributed by atoms with Crippen LogP contribution in [0.2, 0.25) is 0 Å². The standard InChI is InChI=1S/C16H23BO5/c1-6-20-14(18)11-21-13-9-7-12(8-10-13)17-22-16(4,5)15(2,3)19/h7-10H,6,11H2,1-5H3/q-1. The van der Waals surface area contributed by atoms with Gasteiger partial charge in [-0.3, -0.25) is 0 Å². The topological polar surface area (TPSA) is 67.8 Å². The molecule has 1 aromatic rings. The van der Waals surface area contributed by atoms with Crippen LogP contribution in [0.15, 0.2) is 24.3 Å². The normalized spacial score (nSPS) is 11.9. The van der Waals surface area contributed by atoms with Gasteiger partial charge < -0.3 is 19.2 Å². The summed E-state index contributed by atoms with van der Waals surface area (Å²) in [7, 11) is 1.55. The lowest BCUT2D eigenvalue weighted by Crippen LogP contribution is -2.57. The molecule has 0 bridgehead atoms. The predicted molar refractivity (Wildman–Crippen MR) is 83.2 cm³/mol. The highest BCUT2D eigenvalue weighted by Gasteiger charge is 2.27. The van der Waals surface area contributed by atoms with Crippen LogP contribution in [0, 0.1) is 0 Å². The van der Waals surface area contributed by atoms with Crippen molar-refractivity contribution >= 4 is 18.9 Å². The molecule has 0 fully saturated rings. The monoisotopic (exact) mass is 306 g/mol. The van der Waals surface area contributed by atoms with E-state index < -0.39 is 17.2 Å². The minimum atomic E-state index is -1.22. The number of carbonyl (C=O) groups excluding carboxylic acids is 1. The Labute approximate surface area is 132 Å². The zero-order valence-electron chi connectivity index (χ0n) is 13.8. The number of rotatable bonds is 8. The molecule has 6 heteroatoms. The molecule has 0 aromatic heterocycles. The molecule has 0 N–H and O–H groups in total. The van der Waals surface area contributed by atoms with Crippen LogP contribution in [0.25, 0.3) is 0 Å². The van der Waals surface area contributed by atoms with E-state index in [1.165, 1.54) is 0 Å². The van der Waals surface area contributed by atoms with Crippen LogP contribution >= 0.6 is 0 Å². The highest BCUT2D eigenvalue weighted by molar-refractivity contribution is 6.47. The van der Waals surface area contributed by atoms with E-state index in [9.17, 15) is 9.90 Å². The molecule has 0 unspecified atom stereocenters. The summed E-state index contributed by atoms with van der Waals surface area (Å²) in [5.74, 6) is 0.162. The fourth-order valence-electron chi connectivity index (χ4n) is 1.34. The first-order valence-corrected chi connectivity index (χ1v) is 7.25. The molecule has 121 valence electrons. The van der Waals surface area contributed by atoms with Crippen molar-refractivity contribution in [3.63, 3.8) is 0 Å². The first-order valence-electron chi connectivity index (χ1n) is 7.25. The maximum atomic E-state index is 12.0. The number of ether oxygens (including phenoxy) is 2. The highest BCUT2D eigenvalue weighted by Crippen LogP contribution is 2.21. The smallest absolute Gasteiger partial charge is 0.344 e. The molecule has 0 aliphatic rings. The van der Waals surface area contributed by atoms with Gasteiger partial charge in [-0.15, -0.1) is 0 Å². The molecule has 0 amide bonds. The Bertz CT molecular complexity index is 476. The highest BCUT2D eigenvalue weighted by atomic mass is 16.6. The quantitative estimate of drug-likeness (QED) is 0.525. The molecule has 5 nitrogen and oxygen atoms in total. The van der Waals surface area contributed by atoms with E-state index in [0.29, 0.717) is 12.4 Å². The van der Waals surface area contributed by atoms with Crippen molar-refractivity contribution in [3.8, 4) is 5.75 Å². The molecule has 1 aromatic carbocycles. The van der Waals surface area contributed by atoms with E-state index in [0.717, 1.165) is 5.46 Å². The minimum absolute atomic E-state index is 0.120. The molecule has 0 saturated heterocycles. The predicted octanol–water partition coefficient (Wildman–Crippen LogP) is 0.807. The van der Waals surface area contributed by atoms with Gasteiger partial charge in [-0.1, -0.05) is 37.0 Å². The van der Waals surface area contributed by atoms with Crippen molar-refractivity contribution in [1.82, 2.24) is 0 Å². The molecule has 1 rings (SSSR count). The summed E-state index contributed by atoms with van der Waals surface area (Å²) in [5.41, 5.74) is -1.24. The lowest BCUT2D eigenvalue weighted by atomic mass is 9.82. The molecular formula is C16H23BO5-. The SMILES string of the molecule is CCOC(=O)COc1ccc([B]OC(C)(C)C(C)(C)[O-])cc1. The van der Waals surface area contributed by atoms with Gasteiger partial charge in [-0.25, -0.2) is 4.79 Å². The average molecular weight is 306 g/mol. The van der Waals surface area contributed by atoms with Crippen LogP contribution in [0.1, 0.15) is 34.6 Å². The maximum Gasteiger partial charge on any atom is 0.344 e. The largest absolute Gasteiger partial charge is 0.848 e. The van der Waals surface area contributed by atoms with E-state index in [1.54, 1.807) is 66.4 Å². The summed E-state index contributed by atoms with van der Waals surface area (Å²) in [6.45, 7) is 8.65.